The summed E-state index contributed by atoms with van der Waals surface area (Å²) in [6, 6.07) is 2.76. The molecule has 0 spiro atoms. The molecule has 4 rings (SSSR count). The molecule has 0 unspecified atom stereocenters. The zero-order valence-electron chi connectivity index (χ0n) is 17.4. The Morgan fingerprint density at radius 1 is 1.23 bits per heavy atom. The monoisotopic (exact) mass is 443 g/mol. The first-order valence-electron chi connectivity index (χ1n) is 9.71. The van der Waals surface area contributed by atoms with Crippen LogP contribution in [0.2, 0.25) is 0 Å². The number of urea groups is 1. The lowest BCUT2D eigenvalue weighted by Crippen LogP contribution is -2.39. The van der Waals surface area contributed by atoms with Crippen LogP contribution in [0, 0.1) is 5.82 Å². The van der Waals surface area contributed by atoms with E-state index in [4.69, 9.17) is 0 Å². The second kappa shape index (κ2) is 8.42. The first kappa shape index (κ1) is 20.9. The van der Waals surface area contributed by atoms with Gasteiger partial charge in [0.15, 0.2) is 5.69 Å². The summed E-state index contributed by atoms with van der Waals surface area (Å²) in [5, 5.41) is 4.98. The number of anilines is 1. The lowest BCUT2D eigenvalue weighted by Gasteiger charge is -2.22. The van der Waals surface area contributed by atoms with Crippen LogP contribution < -0.4 is 5.32 Å². The minimum atomic E-state index is -0.429. The molecule has 1 aliphatic rings. The highest BCUT2D eigenvalue weighted by molar-refractivity contribution is 7.17. The number of hydrogen-bond acceptors (Lipinski definition) is 7. The normalized spacial score (nSPS) is 14.7. The first-order valence-corrected chi connectivity index (χ1v) is 10.6. The summed E-state index contributed by atoms with van der Waals surface area (Å²) in [6.45, 7) is 2.95. The fourth-order valence-electron chi connectivity index (χ4n) is 3.36. The van der Waals surface area contributed by atoms with E-state index in [9.17, 15) is 14.0 Å². The van der Waals surface area contributed by atoms with E-state index < -0.39 is 5.82 Å². The van der Waals surface area contributed by atoms with Gasteiger partial charge in [-0.15, -0.1) is 11.3 Å². The summed E-state index contributed by atoms with van der Waals surface area (Å²) in [6.07, 6.45) is 2.71. The molecule has 1 fully saturated rings. The zero-order chi connectivity index (χ0) is 22.1. The Labute approximate surface area is 182 Å². The van der Waals surface area contributed by atoms with Crippen molar-refractivity contribution in [1.29, 1.82) is 0 Å². The van der Waals surface area contributed by atoms with Crippen LogP contribution in [0.1, 0.15) is 29.0 Å². The minimum absolute atomic E-state index is 0.140. The predicted molar refractivity (Wildman–Crippen MR) is 115 cm³/mol. The fourth-order valence-corrected chi connectivity index (χ4v) is 4.17. The summed E-state index contributed by atoms with van der Waals surface area (Å²) >= 11 is 1.39. The van der Waals surface area contributed by atoms with Gasteiger partial charge in [0.2, 0.25) is 5.95 Å². The molecule has 3 aromatic heterocycles. The molecule has 3 amide bonds. The molecule has 11 heteroatoms. The Kier molecular flexibility index (Phi) is 5.68. The Hall–Kier alpha value is -3.34. The van der Waals surface area contributed by atoms with Crippen LogP contribution in [-0.2, 0) is 0 Å². The van der Waals surface area contributed by atoms with Gasteiger partial charge in [-0.05, 0) is 30.0 Å². The highest BCUT2D eigenvalue weighted by Gasteiger charge is 2.31. The molecule has 1 N–H and O–H groups in total. The molecular formula is C20H22FN7O2S. The van der Waals surface area contributed by atoms with Crippen molar-refractivity contribution in [3.8, 4) is 0 Å². The van der Waals surface area contributed by atoms with E-state index >= 15 is 0 Å². The number of hydrogen-bond donors (Lipinski definition) is 1. The predicted octanol–water partition coefficient (Wildman–Crippen LogP) is 2.80. The summed E-state index contributed by atoms with van der Waals surface area (Å²) in [5.41, 5.74) is 1.57. The second-order valence-electron chi connectivity index (χ2n) is 7.48. The fraction of sp³-hybridized carbons (Fsp3) is 0.350. The third-order valence-corrected chi connectivity index (χ3v) is 5.91. The summed E-state index contributed by atoms with van der Waals surface area (Å²) in [4.78, 5) is 43.0. The largest absolute Gasteiger partial charge is 0.348 e. The molecular weight excluding hydrogens is 421 g/mol. The summed E-state index contributed by atoms with van der Waals surface area (Å²) < 4.78 is 14.2. The number of halogens is 1. The average Bonchev–Trinajstić information content (AvgIpc) is 3.41. The van der Waals surface area contributed by atoms with E-state index in [2.05, 4.69) is 20.3 Å². The lowest BCUT2D eigenvalue weighted by atomic mass is 10.1. The van der Waals surface area contributed by atoms with E-state index in [0.717, 1.165) is 6.20 Å². The van der Waals surface area contributed by atoms with Crippen LogP contribution >= 0.6 is 11.3 Å². The molecule has 0 aliphatic carbocycles. The topological polar surface area (TPSA) is 94.6 Å². The van der Waals surface area contributed by atoms with E-state index in [-0.39, 0.29) is 36.3 Å². The second-order valence-corrected chi connectivity index (χ2v) is 8.40. The maximum absolute atomic E-state index is 13.5. The van der Waals surface area contributed by atoms with Crippen LogP contribution in [0.4, 0.5) is 15.1 Å². The Morgan fingerprint density at radius 2 is 2.00 bits per heavy atom. The van der Waals surface area contributed by atoms with Crippen molar-refractivity contribution >= 4 is 39.4 Å². The van der Waals surface area contributed by atoms with Crippen molar-refractivity contribution in [2.75, 3.05) is 39.2 Å². The van der Waals surface area contributed by atoms with Crippen molar-refractivity contribution in [3.05, 3.63) is 47.0 Å². The van der Waals surface area contributed by atoms with Crippen LogP contribution in [-0.4, -0.2) is 75.4 Å². The van der Waals surface area contributed by atoms with Crippen LogP contribution in [0.3, 0.4) is 0 Å². The van der Waals surface area contributed by atoms with Crippen LogP contribution in [0.5, 0.6) is 0 Å². The molecule has 0 radical (unpaired) electrons. The molecule has 0 bridgehead atoms. The standard InChI is InChI=1S/C20H22FN7O2S/c1-12(13-8-14(21)10-22-9-13)23-19-24-15-4-7-31-17(15)16(25-19)18(29)27-5-6-28(11-27)20(30)26(2)3/h4,7-10,12H,5-6,11H2,1-3H3,(H,23,24,25)/t12-/m0/s1. The lowest BCUT2D eigenvalue weighted by molar-refractivity contribution is 0.0766. The van der Waals surface area contributed by atoms with Gasteiger partial charge in [0.05, 0.1) is 29.1 Å². The van der Waals surface area contributed by atoms with Gasteiger partial charge >= 0.3 is 6.03 Å². The Bertz CT molecular complexity index is 1140. The van der Waals surface area contributed by atoms with Crippen molar-refractivity contribution < 1.29 is 14.0 Å². The third kappa shape index (κ3) is 4.26. The Morgan fingerprint density at radius 3 is 2.74 bits per heavy atom. The molecule has 31 heavy (non-hydrogen) atoms. The number of fused-ring (bicyclic) bond motifs is 1. The molecule has 1 atom stereocenters. The van der Waals surface area contributed by atoms with Gasteiger partial charge in [0.25, 0.3) is 5.91 Å². The number of amides is 3. The van der Waals surface area contributed by atoms with Crippen molar-refractivity contribution in [2.45, 2.75) is 13.0 Å². The van der Waals surface area contributed by atoms with Gasteiger partial charge in [0, 0.05) is 33.4 Å². The van der Waals surface area contributed by atoms with E-state index in [0.29, 0.717) is 28.9 Å². The number of thiophene rings is 1. The quantitative estimate of drug-likeness (QED) is 0.666. The number of aromatic nitrogens is 3. The van der Waals surface area contributed by atoms with Crippen molar-refractivity contribution in [1.82, 2.24) is 29.7 Å². The summed E-state index contributed by atoms with van der Waals surface area (Å²) in [7, 11) is 3.36. The first-order chi connectivity index (χ1) is 14.8. The van der Waals surface area contributed by atoms with Gasteiger partial charge in [0.1, 0.15) is 5.82 Å². The van der Waals surface area contributed by atoms with Gasteiger partial charge in [-0.3, -0.25) is 9.78 Å². The number of pyridine rings is 1. The number of carbonyl (C=O) groups is 2. The summed E-state index contributed by atoms with van der Waals surface area (Å²) in [5.74, 6) is -0.416. The Balaban J connectivity index is 1.59. The molecule has 9 nitrogen and oxygen atoms in total. The SMILES string of the molecule is C[C@H](Nc1nc(C(=O)N2CCN(C(=O)N(C)C)C2)c2sccc2n1)c1cncc(F)c1. The average molecular weight is 444 g/mol. The molecule has 1 aliphatic heterocycles. The molecule has 3 aromatic rings. The van der Waals surface area contributed by atoms with E-state index in [1.54, 1.807) is 30.1 Å². The molecule has 0 aromatic carbocycles. The number of rotatable bonds is 4. The third-order valence-electron chi connectivity index (χ3n) is 5.00. The molecule has 1 saturated heterocycles. The maximum Gasteiger partial charge on any atom is 0.320 e. The van der Waals surface area contributed by atoms with Crippen molar-refractivity contribution in [3.63, 3.8) is 0 Å². The zero-order valence-corrected chi connectivity index (χ0v) is 18.2. The smallest absolute Gasteiger partial charge is 0.320 e. The van der Waals surface area contributed by atoms with Crippen LogP contribution in [0.15, 0.2) is 29.9 Å². The number of nitrogens with one attached hydrogen (secondary N) is 1. The van der Waals surface area contributed by atoms with Gasteiger partial charge in [-0.1, -0.05) is 0 Å². The van der Waals surface area contributed by atoms with Gasteiger partial charge in [-0.25, -0.2) is 19.2 Å². The van der Waals surface area contributed by atoms with Gasteiger partial charge in [-0.2, -0.15) is 0 Å². The van der Waals surface area contributed by atoms with Crippen molar-refractivity contribution in [2.24, 2.45) is 0 Å². The van der Waals surface area contributed by atoms with E-state index in [1.807, 2.05) is 18.4 Å². The maximum atomic E-state index is 13.5. The highest BCUT2D eigenvalue weighted by Crippen LogP contribution is 2.27. The number of nitrogens with zero attached hydrogens (tertiary/aromatic N) is 6. The molecule has 4 heterocycles. The highest BCUT2D eigenvalue weighted by atomic mass is 32.1. The van der Waals surface area contributed by atoms with Crippen LogP contribution in [0.25, 0.3) is 10.2 Å². The number of carbonyl (C=O) groups excluding carboxylic acids is 2. The minimum Gasteiger partial charge on any atom is -0.348 e. The molecule has 0 saturated carbocycles. The van der Waals surface area contributed by atoms with Gasteiger partial charge < -0.3 is 20.0 Å². The molecule has 162 valence electrons. The van der Waals surface area contributed by atoms with E-state index in [1.165, 1.54) is 22.3 Å².